The molecule has 7 nitrogen and oxygen atoms in total. The van der Waals surface area contributed by atoms with E-state index >= 15 is 4.39 Å². The van der Waals surface area contributed by atoms with Crippen molar-refractivity contribution in [3.8, 4) is 11.8 Å². The van der Waals surface area contributed by atoms with Gasteiger partial charge in [-0.05, 0) is 48.9 Å². The van der Waals surface area contributed by atoms with E-state index in [4.69, 9.17) is 4.74 Å². The topological polar surface area (TPSA) is 104 Å². The highest BCUT2D eigenvalue weighted by atomic mass is 19.2. The van der Waals surface area contributed by atoms with Crippen molar-refractivity contribution in [2.45, 2.75) is 56.5 Å². The summed E-state index contributed by atoms with van der Waals surface area (Å²) in [6.45, 7) is 3.65. The molecule has 4 aromatic rings. The molecule has 2 heterocycles. The summed E-state index contributed by atoms with van der Waals surface area (Å²) in [7, 11) is 1.34. The zero-order valence-corrected chi connectivity index (χ0v) is 20.5. The summed E-state index contributed by atoms with van der Waals surface area (Å²) >= 11 is 0. The highest BCUT2D eigenvalue weighted by molar-refractivity contribution is 6.00. The van der Waals surface area contributed by atoms with Gasteiger partial charge in [-0.2, -0.15) is 10.4 Å². The Balaban J connectivity index is 1.93. The van der Waals surface area contributed by atoms with Gasteiger partial charge in [0.1, 0.15) is 5.52 Å². The van der Waals surface area contributed by atoms with Crippen molar-refractivity contribution in [3.63, 3.8) is 0 Å². The predicted octanol–water partition coefficient (Wildman–Crippen LogP) is 5.85. The van der Waals surface area contributed by atoms with Crippen LogP contribution in [0.2, 0.25) is 0 Å². The molecule has 1 fully saturated rings. The SMILES string of the molecule is CO[C@@]1(C(=O)O)CC[C@@H](c2c(C(C)(C)CC#N)n(-c3ccc(F)c(F)c3)c3cc4cn[nH]c4c(F)c23)C1. The van der Waals surface area contributed by atoms with Gasteiger partial charge >= 0.3 is 5.97 Å². The quantitative estimate of drug-likeness (QED) is 0.339. The van der Waals surface area contributed by atoms with Gasteiger partial charge in [0, 0.05) is 47.2 Å². The zero-order valence-electron chi connectivity index (χ0n) is 20.5. The third-order valence-corrected chi connectivity index (χ3v) is 7.63. The smallest absolute Gasteiger partial charge is 0.335 e. The fourth-order valence-electron chi connectivity index (χ4n) is 5.79. The van der Waals surface area contributed by atoms with E-state index in [0.717, 1.165) is 12.1 Å². The van der Waals surface area contributed by atoms with Gasteiger partial charge in [0.15, 0.2) is 23.1 Å². The summed E-state index contributed by atoms with van der Waals surface area (Å²) in [5.74, 6) is -4.21. The van der Waals surface area contributed by atoms with Gasteiger partial charge in [-0.25, -0.2) is 18.0 Å². The normalized spacial score (nSPS) is 20.1. The number of rotatable bonds is 6. The molecule has 0 bridgehead atoms. The molecular weight excluding hydrogens is 485 g/mol. The molecule has 10 heteroatoms. The van der Waals surface area contributed by atoms with Gasteiger partial charge < -0.3 is 14.4 Å². The maximum Gasteiger partial charge on any atom is 0.335 e. The van der Waals surface area contributed by atoms with E-state index in [9.17, 15) is 23.9 Å². The van der Waals surface area contributed by atoms with Crippen LogP contribution in [-0.2, 0) is 14.9 Å². The largest absolute Gasteiger partial charge is 0.479 e. The summed E-state index contributed by atoms with van der Waals surface area (Å²) in [6.07, 6.45) is 2.21. The summed E-state index contributed by atoms with van der Waals surface area (Å²) in [4.78, 5) is 12.1. The van der Waals surface area contributed by atoms with Crippen molar-refractivity contribution >= 4 is 27.8 Å². The second kappa shape index (κ2) is 8.63. The minimum Gasteiger partial charge on any atom is -0.479 e. The lowest BCUT2D eigenvalue weighted by Gasteiger charge is -2.29. The fraction of sp³-hybridized carbons (Fsp3) is 0.370. The number of aromatic amines is 1. The molecular formula is C27H25F3N4O3. The van der Waals surface area contributed by atoms with E-state index in [1.807, 2.05) is 13.8 Å². The maximum absolute atomic E-state index is 16.2. The Morgan fingerprint density at radius 3 is 2.70 bits per heavy atom. The number of hydrogen-bond donors (Lipinski definition) is 2. The molecule has 1 saturated carbocycles. The number of ether oxygens (including phenoxy) is 1. The lowest BCUT2D eigenvalue weighted by molar-refractivity contribution is -0.161. The molecule has 0 radical (unpaired) electrons. The summed E-state index contributed by atoms with van der Waals surface area (Å²) in [5, 5.41) is 26.9. The lowest BCUT2D eigenvalue weighted by atomic mass is 9.79. The molecule has 0 spiro atoms. The molecule has 37 heavy (non-hydrogen) atoms. The number of carbonyl (C=O) groups is 1. The van der Waals surface area contributed by atoms with Gasteiger partial charge in [0.05, 0.1) is 17.8 Å². The van der Waals surface area contributed by atoms with E-state index in [1.54, 1.807) is 10.6 Å². The molecule has 192 valence electrons. The second-order valence-electron chi connectivity index (χ2n) is 10.3. The molecule has 2 N–H and O–H groups in total. The summed E-state index contributed by atoms with van der Waals surface area (Å²) in [6, 6.07) is 7.33. The van der Waals surface area contributed by atoms with Crippen LogP contribution in [0.25, 0.3) is 27.5 Å². The number of aliphatic carboxylic acids is 1. The van der Waals surface area contributed by atoms with Crippen LogP contribution in [0.5, 0.6) is 0 Å². The van der Waals surface area contributed by atoms with E-state index in [-0.39, 0.29) is 35.9 Å². The van der Waals surface area contributed by atoms with E-state index in [1.165, 1.54) is 19.4 Å². The molecule has 0 unspecified atom stereocenters. The highest BCUT2D eigenvalue weighted by Crippen LogP contribution is 2.51. The second-order valence-corrected chi connectivity index (χ2v) is 10.3. The minimum absolute atomic E-state index is 0.0438. The number of fused-ring (bicyclic) bond motifs is 2. The molecule has 5 rings (SSSR count). The molecule has 0 saturated heterocycles. The molecule has 0 amide bonds. The van der Waals surface area contributed by atoms with Crippen molar-refractivity contribution in [1.29, 1.82) is 5.26 Å². The number of methoxy groups -OCH3 is 1. The predicted molar refractivity (Wildman–Crippen MR) is 130 cm³/mol. The maximum atomic E-state index is 16.2. The van der Waals surface area contributed by atoms with Crippen molar-refractivity contribution in [2.24, 2.45) is 0 Å². The number of nitriles is 1. The summed E-state index contributed by atoms with van der Waals surface area (Å²) in [5.41, 5.74) is -0.410. The van der Waals surface area contributed by atoms with Crippen LogP contribution in [0.15, 0.2) is 30.5 Å². The number of carboxylic acid groups (broad SMARTS) is 1. The Morgan fingerprint density at radius 2 is 2.08 bits per heavy atom. The standard InChI is InChI=1S/C27H25F3N4O3/c1-26(2,8-9-31)24-20(14-6-7-27(12-14,37-3)25(35)36)21-19(10-15-13-32-33-23(15)22(21)30)34(24)16-4-5-17(28)18(29)11-16/h4-5,10-11,13-14H,6-8,12H2,1-3H3,(H,32,33)(H,35,36)/t14-,27+/m1/s1. The van der Waals surface area contributed by atoms with E-state index in [0.29, 0.717) is 28.6 Å². The van der Waals surface area contributed by atoms with Gasteiger partial charge in [0.25, 0.3) is 0 Å². The molecule has 2 atom stereocenters. The van der Waals surface area contributed by atoms with Crippen LogP contribution in [0.1, 0.15) is 56.7 Å². The van der Waals surface area contributed by atoms with Gasteiger partial charge in [0.2, 0.25) is 0 Å². The van der Waals surface area contributed by atoms with Gasteiger partial charge in [-0.15, -0.1) is 0 Å². The fourth-order valence-corrected chi connectivity index (χ4v) is 5.79. The highest BCUT2D eigenvalue weighted by Gasteiger charge is 2.49. The Labute approximate surface area is 210 Å². The van der Waals surface area contributed by atoms with Crippen LogP contribution in [-0.4, -0.2) is 38.6 Å². The van der Waals surface area contributed by atoms with Crippen LogP contribution in [0.4, 0.5) is 13.2 Å². The molecule has 0 aliphatic heterocycles. The Kier molecular flexibility index (Phi) is 5.79. The average Bonchev–Trinajstić information content (AvgIpc) is 3.57. The minimum atomic E-state index is -1.44. The number of hydrogen-bond acceptors (Lipinski definition) is 4. The van der Waals surface area contributed by atoms with E-state index in [2.05, 4.69) is 16.3 Å². The first-order valence-corrected chi connectivity index (χ1v) is 11.9. The van der Waals surface area contributed by atoms with Crippen molar-refractivity contribution < 1.29 is 27.8 Å². The van der Waals surface area contributed by atoms with Crippen molar-refractivity contribution in [3.05, 3.63) is 59.2 Å². The molecule has 1 aliphatic rings. The summed E-state index contributed by atoms with van der Waals surface area (Å²) < 4.78 is 51.7. The van der Waals surface area contributed by atoms with Crippen LogP contribution < -0.4 is 0 Å². The number of carboxylic acids is 1. The van der Waals surface area contributed by atoms with E-state index < -0.39 is 40.4 Å². The van der Waals surface area contributed by atoms with Gasteiger partial charge in [-0.1, -0.05) is 13.8 Å². The number of aromatic nitrogens is 3. The number of benzene rings is 2. The molecule has 1 aliphatic carbocycles. The third-order valence-electron chi connectivity index (χ3n) is 7.63. The average molecular weight is 511 g/mol. The lowest BCUT2D eigenvalue weighted by Crippen LogP contribution is -2.37. The first kappa shape index (κ1) is 24.8. The number of halogens is 3. The number of H-pyrrole nitrogens is 1. The molecule has 2 aromatic carbocycles. The van der Waals surface area contributed by atoms with Crippen LogP contribution in [0, 0.1) is 28.8 Å². The first-order valence-electron chi connectivity index (χ1n) is 11.9. The van der Waals surface area contributed by atoms with Gasteiger partial charge in [-0.3, -0.25) is 5.10 Å². The van der Waals surface area contributed by atoms with Crippen molar-refractivity contribution in [2.75, 3.05) is 7.11 Å². The Hall–Kier alpha value is -3.84. The van der Waals surface area contributed by atoms with Crippen LogP contribution >= 0.6 is 0 Å². The number of nitrogens with one attached hydrogen (secondary N) is 1. The van der Waals surface area contributed by atoms with Crippen LogP contribution in [0.3, 0.4) is 0 Å². The zero-order chi connectivity index (χ0) is 26.7. The van der Waals surface area contributed by atoms with Crippen molar-refractivity contribution in [1.82, 2.24) is 14.8 Å². The Bertz CT molecular complexity index is 1600. The number of nitrogens with zero attached hydrogens (tertiary/aromatic N) is 3. The monoisotopic (exact) mass is 510 g/mol. The molecule has 2 aromatic heterocycles. The Morgan fingerprint density at radius 1 is 1.32 bits per heavy atom. The first-order chi connectivity index (χ1) is 17.5. The third kappa shape index (κ3) is 3.68.